The molecule has 0 unspecified atom stereocenters. The number of benzene rings is 2. The van der Waals surface area contributed by atoms with E-state index in [1.807, 2.05) is 69.0 Å². The average molecular weight is 819 g/mol. The first-order valence-electron chi connectivity index (χ1n) is 18.7. The van der Waals surface area contributed by atoms with Crippen molar-refractivity contribution in [1.82, 2.24) is 0 Å². The number of primary amides is 2. The SMILES string of the molecule is CC1(C)C(=CC=CC=C2CCC(=CC=CC=C3N(CCCS(=O)(=O)O)c4ccc(C(N)=O)cc4C3(C)C)C2=O)N(CCCCS(=O)(=O)O)c2ccc(C(N)=O)cc21. The van der Waals surface area contributed by atoms with Crippen LogP contribution in [0.1, 0.15) is 91.6 Å². The first kappa shape index (κ1) is 43.0. The number of nitrogens with two attached hydrogens (primary N) is 2. The number of fused-ring (bicyclic) bond motifs is 2. The van der Waals surface area contributed by atoms with E-state index in [1.165, 1.54) is 0 Å². The summed E-state index contributed by atoms with van der Waals surface area (Å²) in [5, 5.41) is 0. The Morgan fingerprint density at radius 1 is 0.649 bits per heavy atom. The highest BCUT2D eigenvalue weighted by Crippen LogP contribution is 2.49. The first-order valence-corrected chi connectivity index (χ1v) is 21.9. The van der Waals surface area contributed by atoms with Gasteiger partial charge in [-0.1, -0.05) is 64.2 Å². The lowest BCUT2D eigenvalue weighted by molar-refractivity contribution is -0.111. The van der Waals surface area contributed by atoms with Crippen LogP contribution in [0, 0.1) is 0 Å². The van der Waals surface area contributed by atoms with Gasteiger partial charge in [-0.15, -0.1) is 0 Å². The van der Waals surface area contributed by atoms with Gasteiger partial charge in [0.25, 0.3) is 20.2 Å². The van der Waals surface area contributed by atoms with Gasteiger partial charge >= 0.3 is 0 Å². The van der Waals surface area contributed by atoms with E-state index >= 15 is 0 Å². The summed E-state index contributed by atoms with van der Waals surface area (Å²) in [5.74, 6) is -1.89. The fourth-order valence-corrected chi connectivity index (χ4v) is 8.82. The largest absolute Gasteiger partial charge is 0.366 e. The van der Waals surface area contributed by atoms with Gasteiger partial charge in [0.15, 0.2) is 5.78 Å². The van der Waals surface area contributed by atoms with Gasteiger partial charge in [-0.25, -0.2) is 0 Å². The maximum atomic E-state index is 13.3. The van der Waals surface area contributed by atoms with E-state index in [1.54, 1.807) is 48.6 Å². The van der Waals surface area contributed by atoms with Crippen LogP contribution in [0.3, 0.4) is 0 Å². The molecule has 1 aliphatic carbocycles. The molecule has 13 nitrogen and oxygen atoms in total. The Morgan fingerprint density at radius 3 is 1.44 bits per heavy atom. The highest BCUT2D eigenvalue weighted by Gasteiger charge is 2.41. The number of carbonyl (C=O) groups is 3. The molecular weight excluding hydrogens is 769 g/mol. The van der Waals surface area contributed by atoms with Crippen molar-refractivity contribution in [3.8, 4) is 0 Å². The number of unbranched alkanes of at least 4 members (excludes halogenated alkanes) is 1. The van der Waals surface area contributed by atoms with Crippen molar-refractivity contribution in [2.45, 2.75) is 70.6 Å². The van der Waals surface area contributed by atoms with Crippen LogP contribution in [0.5, 0.6) is 0 Å². The fraction of sp³-hybridized carbons (Fsp3) is 0.357. The summed E-state index contributed by atoms with van der Waals surface area (Å²) < 4.78 is 63.9. The minimum atomic E-state index is -4.15. The van der Waals surface area contributed by atoms with Crippen LogP contribution >= 0.6 is 0 Å². The lowest BCUT2D eigenvalue weighted by Gasteiger charge is -2.27. The molecule has 1 saturated carbocycles. The molecule has 304 valence electrons. The lowest BCUT2D eigenvalue weighted by Crippen LogP contribution is -2.28. The Kier molecular flexibility index (Phi) is 12.7. The van der Waals surface area contributed by atoms with Gasteiger partial charge in [0.05, 0.1) is 11.5 Å². The number of carbonyl (C=O) groups excluding carboxylic acids is 3. The van der Waals surface area contributed by atoms with Gasteiger partial charge in [-0.05, 0) is 91.8 Å². The average Bonchev–Trinajstić information content (AvgIpc) is 3.65. The zero-order valence-electron chi connectivity index (χ0n) is 32.6. The molecule has 5 rings (SSSR count). The van der Waals surface area contributed by atoms with Crippen LogP contribution in [-0.4, -0.2) is 68.1 Å². The van der Waals surface area contributed by atoms with E-state index in [0.29, 0.717) is 54.6 Å². The number of hydrogen-bond acceptors (Lipinski definition) is 9. The second kappa shape index (κ2) is 16.8. The number of allylic oxidation sites excluding steroid dienone is 12. The normalized spacial score (nSPS) is 20.6. The summed E-state index contributed by atoms with van der Waals surface area (Å²) in [6.45, 7) is 8.83. The molecule has 0 bridgehead atoms. The van der Waals surface area contributed by atoms with Crippen molar-refractivity contribution in [2.24, 2.45) is 11.5 Å². The minimum absolute atomic E-state index is 0.0583. The second-order valence-corrected chi connectivity index (χ2v) is 18.6. The van der Waals surface area contributed by atoms with Crippen molar-refractivity contribution in [3.63, 3.8) is 0 Å². The molecule has 0 spiro atoms. The number of Topliss-reactive ketones (excluding diaryl/α,β-unsaturated/α-hetero) is 1. The predicted molar refractivity (Wildman–Crippen MR) is 222 cm³/mol. The van der Waals surface area contributed by atoms with Crippen molar-refractivity contribution in [3.05, 3.63) is 130 Å². The van der Waals surface area contributed by atoms with Gasteiger partial charge in [0, 0.05) is 69.0 Å². The highest BCUT2D eigenvalue weighted by atomic mass is 32.2. The zero-order valence-corrected chi connectivity index (χ0v) is 34.2. The van der Waals surface area contributed by atoms with Gasteiger partial charge in [0.1, 0.15) is 0 Å². The molecule has 1 fully saturated rings. The van der Waals surface area contributed by atoms with E-state index in [-0.39, 0.29) is 24.4 Å². The number of amides is 2. The van der Waals surface area contributed by atoms with Crippen LogP contribution in [0.25, 0.3) is 0 Å². The number of anilines is 2. The van der Waals surface area contributed by atoms with Gasteiger partial charge in [0.2, 0.25) is 11.8 Å². The summed E-state index contributed by atoms with van der Waals surface area (Å²) in [6, 6.07) is 10.4. The Morgan fingerprint density at radius 2 is 1.04 bits per heavy atom. The smallest absolute Gasteiger partial charge is 0.264 e. The van der Waals surface area contributed by atoms with Crippen molar-refractivity contribution >= 4 is 49.2 Å². The van der Waals surface area contributed by atoms with Crippen LogP contribution in [-0.2, 0) is 35.9 Å². The lowest BCUT2D eigenvalue weighted by atomic mass is 9.83. The molecule has 0 aromatic heterocycles. The van der Waals surface area contributed by atoms with E-state index in [4.69, 9.17) is 11.5 Å². The maximum absolute atomic E-state index is 13.3. The quantitative estimate of drug-likeness (QED) is 0.0953. The third-order valence-electron chi connectivity index (χ3n) is 10.7. The van der Waals surface area contributed by atoms with Gasteiger partial charge in [-0.3, -0.25) is 23.5 Å². The summed E-state index contributed by atoms with van der Waals surface area (Å²) in [4.78, 5) is 41.3. The number of hydrogen-bond donors (Lipinski definition) is 4. The topological polar surface area (TPSA) is 218 Å². The predicted octanol–water partition coefficient (Wildman–Crippen LogP) is 5.82. The molecule has 2 aliphatic heterocycles. The molecule has 0 atom stereocenters. The Balaban J connectivity index is 1.33. The molecule has 2 aromatic carbocycles. The molecule has 0 radical (unpaired) electrons. The third kappa shape index (κ3) is 9.90. The minimum Gasteiger partial charge on any atom is -0.366 e. The van der Waals surface area contributed by atoms with Crippen molar-refractivity contribution < 1.29 is 40.3 Å². The summed E-state index contributed by atoms with van der Waals surface area (Å²) in [5.41, 5.74) is 17.3. The molecule has 57 heavy (non-hydrogen) atoms. The molecule has 2 heterocycles. The van der Waals surface area contributed by atoms with Crippen LogP contribution in [0.15, 0.2) is 108 Å². The number of nitrogens with zero attached hydrogens (tertiary/aromatic N) is 2. The second-order valence-electron chi connectivity index (χ2n) is 15.5. The van der Waals surface area contributed by atoms with Crippen molar-refractivity contribution in [1.29, 1.82) is 0 Å². The van der Waals surface area contributed by atoms with Crippen LogP contribution in [0.2, 0.25) is 0 Å². The van der Waals surface area contributed by atoms with Crippen LogP contribution in [0.4, 0.5) is 11.4 Å². The molecule has 2 aromatic rings. The van der Waals surface area contributed by atoms with E-state index in [9.17, 15) is 40.3 Å². The van der Waals surface area contributed by atoms with Crippen molar-refractivity contribution in [2.75, 3.05) is 34.4 Å². The molecule has 0 saturated heterocycles. The summed E-state index contributed by atoms with van der Waals surface area (Å²) in [6.07, 6.45) is 16.8. The molecule has 6 N–H and O–H groups in total. The molecular formula is C42H50N4O9S2. The monoisotopic (exact) mass is 818 g/mol. The number of ketones is 1. The number of rotatable bonds is 15. The summed E-state index contributed by atoms with van der Waals surface area (Å²) >= 11 is 0. The highest BCUT2D eigenvalue weighted by molar-refractivity contribution is 7.86. The Labute approximate surface area is 334 Å². The molecule has 15 heteroatoms. The third-order valence-corrected chi connectivity index (χ3v) is 12.4. The fourth-order valence-electron chi connectivity index (χ4n) is 7.76. The zero-order chi connectivity index (χ0) is 41.9. The van der Waals surface area contributed by atoms with Gasteiger partial charge in [-0.2, -0.15) is 16.8 Å². The van der Waals surface area contributed by atoms with E-state index in [0.717, 1.165) is 33.9 Å². The van der Waals surface area contributed by atoms with Gasteiger partial charge < -0.3 is 21.3 Å². The summed E-state index contributed by atoms with van der Waals surface area (Å²) in [7, 11) is -8.23. The van der Waals surface area contributed by atoms with E-state index in [2.05, 4.69) is 4.90 Å². The molecule has 2 amide bonds. The molecule has 3 aliphatic rings. The standard InChI is InChI=1S/C42H50N4O9S2/c1-41(2)32-26-30(39(43)48)18-20-34(32)45(22-9-10-24-56(50,51)52)36(41)14-7-5-12-28-16-17-29(38(28)47)13-6-8-15-37-42(3,4)33-27-31(40(44)49)19-21-35(33)46(37)23-11-25-57(53,54)55/h5-8,12-15,18-21,26-27H,9-11,16-17,22-25H2,1-4H3,(H2,43,48)(H2,44,49)(H,50,51,52)(H,53,54,55). The first-order chi connectivity index (χ1) is 26.6. The Bertz CT molecular complexity index is 2390. The Hall–Kier alpha value is -5.09. The van der Waals surface area contributed by atoms with Crippen LogP contribution < -0.4 is 21.3 Å². The maximum Gasteiger partial charge on any atom is 0.264 e. The van der Waals surface area contributed by atoms with E-state index < -0.39 is 48.6 Å².